The molecule has 0 amide bonds. The fourth-order valence-corrected chi connectivity index (χ4v) is 2.97. The van der Waals surface area contributed by atoms with Gasteiger partial charge in [-0.2, -0.15) is 0 Å². The Bertz CT molecular complexity index is 431. The minimum absolute atomic E-state index is 0.0165. The third-order valence-electron chi connectivity index (χ3n) is 2.77. The molecule has 1 aromatic rings. The minimum atomic E-state index is -3.18. The van der Waals surface area contributed by atoms with Crippen LogP contribution in [0.3, 0.4) is 0 Å². The monoisotopic (exact) mass is 271 g/mol. The van der Waals surface area contributed by atoms with E-state index in [2.05, 4.69) is 4.72 Å². The molecule has 102 valence electrons. The maximum Gasteiger partial charge on any atom is 0.211 e. The van der Waals surface area contributed by atoms with E-state index in [1.54, 1.807) is 0 Å². The van der Waals surface area contributed by atoms with Crippen LogP contribution in [0, 0.1) is 0 Å². The highest BCUT2D eigenvalue weighted by Crippen LogP contribution is 2.18. The summed E-state index contributed by atoms with van der Waals surface area (Å²) in [6.45, 7) is 2.23. The normalized spacial score (nSPS) is 13.4. The summed E-state index contributed by atoms with van der Waals surface area (Å²) in [5, 5.41) is 9.05. The number of nitrogens with one attached hydrogen (secondary N) is 1. The molecular weight excluding hydrogens is 250 g/mol. The van der Waals surface area contributed by atoms with Crippen LogP contribution in [0.4, 0.5) is 0 Å². The van der Waals surface area contributed by atoms with Crippen LogP contribution in [0.15, 0.2) is 30.3 Å². The fraction of sp³-hybridized carbons (Fsp3) is 0.538. The van der Waals surface area contributed by atoms with Gasteiger partial charge in [0.2, 0.25) is 10.0 Å². The fourth-order valence-electron chi connectivity index (χ4n) is 1.84. The van der Waals surface area contributed by atoms with Crippen LogP contribution in [0.1, 0.15) is 31.2 Å². The maximum atomic E-state index is 11.6. The Morgan fingerprint density at radius 2 is 1.94 bits per heavy atom. The van der Waals surface area contributed by atoms with Crippen molar-refractivity contribution in [2.45, 2.75) is 25.7 Å². The van der Waals surface area contributed by atoms with Crippen LogP contribution in [0.5, 0.6) is 0 Å². The number of aliphatic hydroxyl groups excluding tert-OH is 1. The lowest BCUT2D eigenvalue weighted by Gasteiger charge is -2.17. The summed E-state index contributed by atoms with van der Waals surface area (Å²) in [5.74, 6) is 0.163. The van der Waals surface area contributed by atoms with Crippen molar-refractivity contribution in [3.63, 3.8) is 0 Å². The van der Waals surface area contributed by atoms with Gasteiger partial charge in [0.15, 0.2) is 0 Å². The predicted octanol–water partition coefficient (Wildman–Crippen LogP) is 1.48. The Morgan fingerprint density at radius 1 is 1.28 bits per heavy atom. The van der Waals surface area contributed by atoms with E-state index in [-0.39, 0.29) is 18.3 Å². The molecule has 0 saturated carbocycles. The first-order chi connectivity index (χ1) is 8.59. The Labute approximate surface area is 109 Å². The second-order valence-corrected chi connectivity index (χ2v) is 6.21. The molecule has 1 unspecified atom stereocenters. The Kier molecular flexibility index (Phi) is 6.32. The molecule has 0 aliphatic heterocycles. The molecule has 1 atom stereocenters. The zero-order valence-corrected chi connectivity index (χ0v) is 11.5. The summed E-state index contributed by atoms with van der Waals surface area (Å²) in [6.07, 6.45) is 1.16. The van der Waals surface area contributed by atoms with Crippen molar-refractivity contribution in [2.24, 2.45) is 0 Å². The first-order valence-electron chi connectivity index (χ1n) is 6.22. The average Bonchev–Trinajstić information content (AvgIpc) is 2.35. The molecular formula is C13H21NO3S. The number of hydrogen-bond acceptors (Lipinski definition) is 3. The molecule has 0 radical (unpaired) electrons. The summed E-state index contributed by atoms with van der Waals surface area (Å²) in [4.78, 5) is 0. The number of aliphatic hydroxyl groups is 1. The zero-order valence-electron chi connectivity index (χ0n) is 10.7. The molecule has 0 spiro atoms. The van der Waals surface area contributed by atoms with Crippen LogP contribution in [-0.2, 0) is 10.0 Å². The van der Waals surface area contributed by atoms with Gasteiger partial charge < -0.3 is 5.11 Å². The molecule has 5 heteroatoms. The van der Waals surface area contributed by atoms with E-state index in [4.69, 9.17) is 5.11 Å². The Balaban J connectivity index is 2.65. The van der Waals surface area contributed by atoms with Crippen molar-refractivity contribution in [1.29, 1.82) is 0 Å². The topological polar surface area (TPSA) is 66.4 Å². The van der Waals surface area contributed by atoms with Gasteiger partial charge in [0.1, 0.15) is 0 Å². The molecule has 1 aromatic carbocycles. The van der Waals surface area contributed by atoms with Gasteiger partial charge in [-0.05, 0) is 24.3 Å². The zero-order chi connectivity index (χ0) is 13.4. The molecule has 0 bridgehead atoms. The molecule has 0 aliphatic rings. The number of benzene rings is 1. The summed E-state index contributed by atoms with van der Waals surface area (Å²) in [5.41, 5.74) is 1.05. The van der Waals surface area contributed by atoms with Crippen LogP contribution < -0.4 is 4.72 Å². The summed E-state index contributed by atoms with van der Waals surface area (Å²) >= 11 is 0. The van der Waals surface area contributed by atoms with Gasteiger partial charge in [-0.3, -0.25) is 0 Å². The van der Waals surface area contributed by atoms with Crippen molar-refractivity contribution in [2.75, 3.05) is 18.9 Å². The van der Waals surface area contributed by atoms with Gasteiger partial charge in [-0.15, -0.1) is 0 Å². The second kappa shape index (κ2) is 7.51. The van der Waals surface area contributed by atoms with Gasteiger partial charge in [-0.1, -0.05) is 37.3 Å². The van der Waals surface area contributed by atoms with E-state index < -0.39 is 10.0 Å². The van der Waals surface area contributed by atoms with E-state index in [0.29, 0.717) is 19.4 Å². The lowest BCUT2D eigenvalue weighted by molar-refractivity contribution is 0.275. The number of rotatable bonds is 8. The molecule has 1 rings (SSSR count). The lowest BCUT2D eigenvalue weighted by atomic mass is 9.96. The molecule has 0 aromatic heterocycles. The second-order valence-electron chi connectivity index (χ2n) is 4.29. The van der Waals surface area contributed by atoms with Gasteiger partial charge in [0.25, 0.3) is 0 Å². The Morgan fingerprint density at radius 3 is 2.50 bits per heavy atom. The van der Waals surface area contributed by atoms with Gasteiger partial charge in [0.05, 0.1) is 5.75 Å². The molecule has 0 heterocycles. The quantitative estimate of drug-likeness (QED) is 0.752. The van der Waals surface area contributed by atoms with E-state index >= 15 is 0 Å². The van der Waals surface area contributed by atoms with Gasteiger partial charge >= 0.3 is 0 Å². The third kappa shape index (κ3) is 5.16. The van der Waals surface area contributed by atoms with E-state index in [0.717, 1.165) is 5.56 Å². The summed E-state index contributed by atoms with van der Waals surface area (Å²) in [7, 11) is -3.18. The summed E-state index contributed by atoms with van der Waals surface area (Å²) < 4.78 is 25.8. The first-order valence-corrected chi connectivity index (χ1v) is 7.87. The minimum Gasteiger partial charge on any atom is -0.396 e. The summed E-state index contributed by atoms with van der Waals surface area (Å²) in [6, 6.07) is 9.66. The Hall–Kier alpha value is -0.910. The van der Waals surface area contributed by atoms with E-state index in [1.807, 2.05) is 37.3 Å². The molecule has 0 fully saturated rings. The highest BCUT2D eigenvalue weighted by Gasteiger charge is 2.15. The lowest BCUT2D eigenvalue weighted by Crippen LogP contribution is -2.30. The van der Waals surface area contributed by atoms with Crippen LogP contribution in [0.25, 0.3) is 0 Å². The SMILES string of the molecule is CCCS(=O)(=O)NCC(CCO)c1ccccc1. The van der Waals surface area contributed by atoms with Gasteiger partial charge in [0, 0.05) is 13.2 Å². The standard InChI is InChI=1S/C13H21NO3S/c1-2-10-18(16,17)14-11-13(8-9-15)12-6-4-3-5-7-12/h3-7,13-15H,2,8-11H2,1H3. The average molecular weight is 271 g/mol. The van der Waals surface area contributed by atoms with Gasteiger partial charge in [-0.25, -0.2) is 13.1 Å². The molecule has 18 heavy (non-hydrogen) atoms. The molecule has 0 saturated heterocycles. The van der Waals surface area contributed by atoms with Crippen molar-refractivity contribution in [3.8, 4) is 0 Å². The van der Waals surface area contributed by atoms with Crippen molar-refractivity contribution in [3.05, 3.63) is 35.9 Å². The van der Waals surface area contributed by atoms with E-state index in [9.17, 15) is 8.42 Å². The van der Waals surface area contributed by atoms with Crippen LogP contribution in [-0.4, -0.2) is 32.4 Å². The first kappa shape index (κ1) is 15.1. The number of hydrogen-bond donors (Lipinski definition) is 2. The molecule has 0 aliphatic carbocycles. The van der Waals surface area contributed by atoms with E-state index in [1.165, 1.54) is 0 Å². The highest BCUT2D eigenvalue weighted by atomic mass is 32.2. The van der Waals surface area contributed by atoms with Crippen LogP contribution in [0.2, 0.25) is 0 Å². The van der Waals surface area contributed by atoms with Crippen LogP contribution >= 0.6 is 0 Å². The third-order valence-corrected chi connectivity index (χ3v) is 4.32. The number of sulfonamides is 1. The van der Waals surface area contributed by atoms with Crippen molar-refractivity contribution < 1.29 is 13.5 Å². The van der Waals surface area contributed by atoms with Crippen molar-refractivity contribution >= 4 is 10.0 Å². The predicted molar refractivity (Wildman–Crippen MR) is 73.0 cm³/mol. The molecule has 2 N–H and O–H groups in total. The maximum absolute atomic E-state index is 11.6. The van der Waals surface area contributed by atoms with Crippen molar-refractivity contribution in [1.82, 2.24) is 4.72 Å². The largest absolute Gasteiger partial charge is 0.396 e. The smallest absolute Gasteiger partial charge is 0.211 e. The highest BCUT2D eigenvalue weighted by molar-refractivity contribution is 7.89. The molecule has 4 nitrogen and oxygen atoms in total.